The normalized spacial score (nSPS) is 15.1. The Kier molecular flexibility index (Phi) is 7.36. The number of hydrogen-bond acceptors (Lipinski definition) is 3. The van der Waals surface area contributed by atoms with Gasteiger partial charge in [-0.25, -0.2) is 0 Å². The SMILES string of the molecule is CCN(CC)CCNC(C)(C#N)CC(C)C. The Balaban J connectivity index is 4.01. The number of nitrogens with one attached hydrogen (secondary N) is 1. The summed E-state index contributed by atoms with van der Waals surface area (Å²) < 4.78 is 0. The predicted octanol–water partition coefficient (Wildman–Crippen LogP) is 2.25. The molecule has 1 N–H and O–H groups in total. The number of rotatable bonds is 8. The first-order valence-corrected chi connectivity index (χ1v) is 6.36. The molecule has 94 valence electrons. The molecule has 0 spiro atoms. The van der Waals surface area contributed by atoms with E-state index < -0.39 is 0 Å². The molecule has 0 saturated heterocycles. The van der Waals surface area contributed by atoms with Gasteiger partial charge >= 0.3 is 0 Å². The largest absolute Gasteiger partial charge is 0.303 e. The zero-order chi connectivity index (χ0) is 12.6. The third kappa shape index (κ3) is 6.09. The van der Waals surface area contributed by atoms with Crippen molar-refractivity contribution in [3.63, 3.8) is 0 Å². The van der Waals surface area contributed by atoms with E-state index in [0.717, 1.165) is 32.6 Å². The second-order valence-electron chi connectivity index (χ2n) is 5.00. The highest BCUT2D eigenvalue weighted by Crippen LogP contribution is 2.15. The summed E-state index contributed by atoms with van der Waals surface area (Å²) in [4.78, 5) is 2.36. The van der Waals surface area contributed by atoms with E-state index in [2.05, 4.69) is 44.0 Å². The van der Waals surface area contributed by atoms with Crippen LogP contribution in [0.3, 0.4) is 0 Å². The van der Waals surface area contributed by atoms with Crippen molar-refractivity contribution in [1.82, 2.24) is 10.2 Å². The van der Waals surface area contributed by atoms with E-state index in [9.17, 15) is 5.26 Å². The molecule has 16 heavy (non-hydrogen) atoms. The average Bonchev–Trinajstić information content (AvgIpc) is 2.23. The van der Waals surface area contributed by atoms with Crippen LogP contribution in [0.5, 0.6) is 0 Å². The molecule has 1 unspecified atom stereocenters. The molecule has 3 nitrogen and oxygen atoms in total. The van der Waals surface area contributed by atoms with Crippen LogP contribution < -0.4 is 5.32 Å². The summed E-state index contributed by atoms with van der Waals surface area (Å²) in [6.07, 6.45) is 0.905. The topological polar surface area (TPSA) is 39.1 Å². The average molecular weight is 225 g/mol. The molecule has 0 rings (SSSR count). The summed E-state index contributed by atoms with van der Waals surface area (Å²) in [7, 11) is 0. The molecular formula is C13H27N3. The molecule has 0 aromatic rings. The zero-order valence-electron chi connectivity index (χ0n) is 11.5. The Morgan fingerprint density at radius 1 is 1.31 bits per heavy atom. The van der Waals surface area contributed by atoms with Crippen molar-refractivity contribution in [3.05, 3.63) is 0 Å². The maximum absolute atomic E-state index is 9.19. The molecule has 0 radical (unpaired) electrons. The Labute approximate surface area is 101 Å². The Hall–Kier alpha value is -0.590. The second-order valence-corrected chi connectivity index (χ2v) is 5.00. The van der Waals surface area contributed by atoms with Gasteiger partial charge in [0.15, 0.2) is 0 Å². The minimum atomic E-state index is -0.374. The van der Waals surface area contributed by atoms with E-state index >= 15 is 0 Å². The van der Waals surface area contributed by atoms with Gasteiger partial charge in [-0.15, -0.1) is 0 Å². The number of likely N-dealkylation sites (N-methyl/N-ethyl adjacent to an activating group) is 1. The summed E-state index contributed by atoms with van der Waals surface area (Å²) in [5, 5.41) is 12.6. The van der Waals surface area contributed by atoms with Gasteiger partial charge in [-0.2, -0.15) is 5.26 Å². The monoisotopic (exact) mass is 225 g/mol. The molecule has 0 aliphatic heterocycles. The van der Waals surface area contributed by atoms with E-state index in [1.807, 2.05) is 6.92 Å². The Morgan fingerprint density at radius 2 is 1.88 bits per heavy atom. The quantitative estimate of drug-likeness (QED) is 0.688. The lowest BCUT2D eigenvalue weighted by molar-refractivity contribution is 0.279. The first kappa shape index (κ1) is 15.4. The predicted molar refractivity (Wildman–Crippen MR) is 69.3 cm³/mol. The molecule has 0 heterocycles. The third-order valence-corrected chi connectivity index (χ3v) is 2.90. The highest BCUT2D eigenvalue weighted by atomic mass is 15.1. The summed E-state index contributed by atoms with van der Waals surface area (Å²) in [6, 6.07) is 2.39. The lowest BCUT2D eigenvalue weighted by Crippen LogP contribution is -2.45. The Morgan fingerprint density at radius 3 is 2.25 bits per heavy atom. The minimum absolute atomic E-state index is 0.374. The summed E-state index contributed by atoms with van der Waals surface area (Å²) in [5.74, 6) is 0.547. The first-order valence-electron chi connectivity index (χ1n) is 6.36. The fourth-order valence-electron chi connectivity index (χ4n) is 2.00. The number of nitrogens with zero attached hydrogens (tertiary/aromatic N) is 2. The lowest BCUT2D eigenvalue weighted by atomic mass is 9.92. The van der Waals surface area contributed by atoms with Crippen molar-refractivity contribution in [2.24, 2.45) is 5.92 Å². The Bertz CT molecular complexity index is 216. The summed E-state index contributed by atoms with van der Waals surface area (Å²) in [6.45, 7) is 14.7. The molecule has 0 bridgehead atoms. The van der Waals surface area contributed by atoms with Crippen LogP contribution in [0.2, 0.25) is 0 Å². The minimum Gasteiger partial charge on any atom is -0.303 e. The van der Waals surface area contributed by atoms with Crippen LogP contribution in [0.15, 0.2) is 0 Å². The van der Waals surface area contributed by atoms with Gasteiger partial charge in [-0.3, -0.25) is 5.32 Å². The zero-order valence-corrected chi connectivity index (χ0v) is 11.5. The first-order chi connectivity index (χ1) is 7.47. The maximum Gasteiger partial charge on any atom is 0.104 e. The molecule has 0 fully saturated rings. The summed E-state index contributed by atoms with van der Waals surface area (Å²) >= 11 is 0. The van der Waals surface area contributed by atoms with E-state index in [1.54, 1.807) is 0 Å². The van der Waals surface area contributed by atoms with Crippen LogP contribution in [-0.2, 0) is 0 Å². The van der Waals surface area contributed by atoms with Crippen molar-refractivity contribution in [2.45, 2.75) is 46.6 Å². The number of nitriles is 1. The van der Waals surface area contributed by atoms with Crippen LogP contribution in [0.1, 0.15) is 41.0 Å². The van der Waals surface area contributed by atoms with Gasteiger partial charge in [0, 0.05) is 13.1 Å². The fraction of sp³-hybridized carbons (Fsp3) is 0.923. The molecule has 0 amide bonds. The third-order valence-electron chi connectivity index (χ3n) is 2.90. The van der Waals surface area contributed by atoms with E-state index in [-0.39, 0.29) is 5.54 Å². The second kappa shape index (κ2) is 7.65. The van der Waals surface area contributed by atoms with E-state index in [0.29, 0.717) is 5.92 Å². The van der Waals surface area contributed by atoms with Gasteiger partial charge in [-0.05, 0) is 32.4 Å². The summed E-state index contributed by atoms with van der Waals surface area (Å²) in [5.41, 5.74) is -0.374. The van der Waals surface area contributed by atoms with E-state index in [4.69, 9.17) is 0 Å². The standard InChI is InChI=1S/C13H27N3/c1-6-16(7-2)9-8-15-13(5,11-14)10-12(3)4/h12,15H,6-10H2,1-5H3. The molecule has 0 aromatic carbocycles. The molecule has 3 heteroatoms. The molecule has 0 aliphatic carbocycles. The van der Waals surface area contributed by atoms with Gasteiger partial charge in [0.05, 0.1) is 6.07 Å². The molecule has 0 aliphatic rings. The lowest BCUT2D eigenvalue weighted by Gasteiger charge is -2.27. The van der Waals surface area contributed by atoms with Crippen molar-refractivity contribution >= 4 is 0 Å². The highest BCUT2D eigenvalue weighted by Gasteiger charge is 2.23. The molecule has 1 atom stereocenters. The number of hydrogen-bond donors (Lipinski definition) is 1. The van der Waals surface area contributed by atoms with E-state index in [1.165, 1.54) is 0 Å². The van der Waals surface area contributed by atoms with Crippen LogP contribution >= 0.6 is 0 Å². The van der Waals surface area contributed by atoms with Gasteiger partial charge in [0.2, 0.25) is 0 Å². The van der Waals surface area contributed by atoms with Crippen molar-refractivity contribution < 1.29 is 0 Å². The molecular weight excluding hydrogens is 198 g/mol. The highest BCUT2D eigenvalue weighted by molar-refractivity contribution is 5.04. The van der Waals surface area contributed by atoms with Gasteiger partial charge in [-0.1, -0.05) is 27.7 Å². The molecule has 0 saturated carbocycles. The van der Waals surface area contributed by atoms with Crippen molar-refractivity contribution in [3.8, 4) is 6.07 Å². The van der Waals surface area contributed by atoms with Crippen LogP contribution in [0.4, 0.5) is 0 Å². The molecule has 0 aromatic heterocycles. The van der Waals surface area contributed by atoms with Crippen LogP contribution in [0, 0.1) is 17.2 Å². The van der Waals surface area contributed by atoms with Crippen LogP contribution in [-0.4, -0.2) is 36.6 Å². The van der Waals surface area contributed by atoms with Crippen molar-refractivity contribution in [2.75, 3.05) is 26.2 Å². The van der Waals surface area contributed by atoms with Gasteiger partial charge in [0.1, 0.15) is 5.54 Å². The maximum atomic E-state index is 9.19. The van der Waals surface area contributed by atoms with Gasteiger partial charge in [0.25, 0.3) is 0 Å². The van der Waals surface area contributed by atoms with Crippen molar-refractivity contribution in [1.29, 1.82) is 5.26 Å². The fourth-order valence-corrected chi connectivity index (χ4v) is 2.00. The smallest absolute Gasteiger partial charge is 0.104 e. The van der Waals surface area contributed by atoms with Crippen LogP contribution in [0.25, 0.3) is 0 Å². The van der Waals surface area contributed by atoms with Gasteiger partial charge < -0.3 is 4.90 Å².